The number of carbonyl (C=O) groups is 1. The molecule has 0 aliphatic rings. The van der Waals surface area contributed by atoms with Crippen molar-refractivity contribution in [1.29, 1.82) is 0 Å². The first-order valence-electron chi connectivity index (χ1n) is 5.09. The van der Waals surface area contributed by atoms with Crippen LogP contribution in [0.4, 0.5) is 5.95 Å². The van der Waals surface area contributed by atoms with Crippen LogP contribution in [0.1, 0.15) is 16.3 Å². The molecular formula is C9H9N7OS. The Morgan fingerprint density at radius 1 is 1.56 bits per heavy atom. The lowest BCUT2D eigenvalue weighted by Gasteiger charge is -1.98. The van der Waals surface area contributed by atoms with Crippen molar-refractivity contribution in [2.24, 2.45) is 0 Å². The first-order valence-corrected chi connectivity index (χ1v) is 5.97. The molecule has 0 atom stereocenters. The minimum absolute atomic E-state index is 0.154. The fraction of sp³-hybridized carbons (Fsp3) is 0.111. The van der Waals surface area contributed by atoms with Crippen LogP contribution in [0.2, 0.25) is 0 Å². The summed E-state index contributed by atoms with van der Waals surface area (Å²) >= 11 is 1.47. The number of H-pyrrole nitrogens is 1. The van der Waals surface area contributed by atoms with Gasteiger partial charge >= 0.3 is 0 Å². The average Bonchev–Trinajstić information content (AvgIpc) is 3.00. The molecule has 0 saturated heterocycles. The highest BCUT2D eigenvalue weighted by molar-refractivity contribution is 7.15. The highest BCUT2D eigenvalue weighted by Gasteiger charge is 2.11. The van der Waals surface area contributed by atoms with Crippen molar-refractivity contribution in [3.05, 3.63) is 29.3 Å². The molecule has 0 aromatic carbocycles. The topological polar surface area (TPSA) is 114 Å². The smallest absolute Gasteiger partial charge is 0.271 e. The molecule has 0 aliphatic heterocycles. The number of hydrogen-bond acceptors (Lipinski definition) is 6. The standard InChI is InChI=1S/C9H9N7OS/c10-8-13-6(14-15-8)3-11-7(17)5-4-16-1-2-18-9(16)12-5/h1-2,4H,3H2,(H,11,17)(H3,10,13,14,15). The van der Waals surface area contributed by atoms with E-state index in [0.29, 0.717) is 11.5 Å². The van der Waals surface area contributed by atoms with E-state index in [1.54, 1.807) is 10.6 Å². The van der Waals surface area contributed by atoms with E-state index in [-0.39, 0.29) is 18.4 Å². The van der Waals surface area contributed by atoms with Gasteiger partial charge in [-0.25, -0.2) is 4.98 Å². The minimum atomic E-state index is -0.263. The molecule has 4 N–H and O–H groups in total. The maximum Gasteiger partial charge on any atom is 0.271 e. The van der Waals surface area contributed by atoms with E-state index in [1.807, 2.05) is 11.6 Å². The molecule has 3 aromatic heterocycles. The second-order valence-electron chi connectivity index (χ2n) is 3.54. The summed E-state index contributed by atoms with van der Waals surface area (Å²) in [7, 11) is 0. The molecule has 3 rings (SSSR count). The van der Waals surface area contributed by atoms with Gasteiger partial charge in [0.15, 0.2) is 4.96 Å². The summed E-state index contributed by atoms with van der Waals surface area (Å²) in [5, 5.41) is 10.9. The van der Waals surface area contributed by atoms with E-state index in [9.17, 15) is 4.79 Å². The number of imidazole rings is 1. The van der Waals surface area contributed by atoms with Gasteiger partial charge in [-0.05, 0) is 0 Å². The summed E-state index contributed by atoms with van der Waals surface area (Å²) in [6.45, 7) is 0.230. The molecule has 18 heavy (non-hydrogen) atoms. The van der Waals surface area contributed by atoms with Gasteiger partial charge in [0.05, 0.1) is 6.54 Å². The number of aromatic amines is 1. The minimum Gasteiger partial charge on any atom is -0.367 e. The third kappa shape index (κ3) is 1.91. The SMILES string of the molecule is Nc1n[nH]c(CNC(=O)c2cn3ccsc3n2)n1. The molecule has 92 valence electrons. The summed E-state index contributed by atoms with van der Waals surface area (Å²) in [5.74, 6) is 0.393. The van der Waals surface area contributed by atoms with E-state index < -0.39 is 0 Å². The molecule has 0 bridgehead atoms. The first kappa shape index (κ1) is 10.7. The number of nitrogens with zero attached hydrogens (tertiary/aromatic N) is 4. The molecule has 3 aromatic rings. The Bertz CT molecular complexity index is 668. The van der Waals surface area contributed by atoms with E-state index in [1.165, 1.54) is 11.3 Å². The molecule has 0 radical (unpaired) electrons. The van der Waals surface area contributed by atoms with Crippen LogP contribution in [0.25, 0.3) is 4.96 Å². The van der Waals surface area contributed by atoms with E-state index in [0.717, 1.165) is 4.96 Å². The lowest BCUT2D eigenvalue weighted by molar-refractivity contribution is 0.0945. The van der Waals surface area contributed by atoms with Crippen molar-refractivity contribution in [2.45, 2.75) is 6.54 Å². The highest BCUT2D eigenvalue weighted by atomic mass is 32.1. The number of rotatable bonds is 3. The number of thiazole rings is 1. The lowest BCUT2D eigenvalue weighted by atomic mass is 10.4. The summed E-state index contributed by atoms with van der Waals surface area (Å²) in [4.78, 5) is 20.7. The molecule has 1 amide bonds. The zero-order valence-corrected chi connectivity index (χ0v) is 9.94. The zero-order valence-electron chi connectivity index (χ0n) is 9.12. The van der Waals surface area contributed by atoms with Gasteiger partial charge in [0.2, 0.25) is 5.95 Å². The fourth-order valence-electron chi connectivity index (χ4n) is 1.48. The van der Waals surface area contributed by atoms with Gasteiger partial charge in [-0.2, -0.15) is 4.98 Å². The second kappa shape index (κ2) is 4.11. The number of carbonyl (C=O) groups excluding carboxylic acids is 1. The third-order valence-electron chi connectivity index (χ3n) is 2.29. The molecule has 0 saturated carbocycles. The number of nitrogen functional groups attached to an aromatic ring is 1. The van der Waals surface area contributed by atoms with Gasteiger partial charge in [0.25, 0.3) is 5.91 Å². The molecule has 0 fully saturated rings. The van der Waals surface area contributed by atoms with Crippen LogP contribution in [-0.4, -0.2) is 30.5 Å². The number of hydrogen-bond donors (Lipinski definition) is 3. The van der Waals surface area contributed by atoms with Crippen molar-refractivity contribution < 1.29 is 4.79 Å². The van der Waals surface area contributed by atoms with E-state index in [4.69, 9.17) is 5.73 Å². The van der Waals surface area contributed by atoms with Crippen molar-refractivity contribution in [2.75, 3.05) is 5.73 Å². The lowest BCUT2D eigenvalue weighted by Crippen LogP contribution is -2.23. The Hall–Kier alpha value is -2.42. The molecule has 8 nitrogen and oxygen atoms in total. The Morgan fingerprint density at radius 3 is 3.17 bits per heavy atom. The number of aromatic nitrogens is 5. The molecule has 0 aliphatic carbocycles. The van der Waals surface area contributed by atoms with E-state index >= 15 is 0 Å². The number of anilines is 1. The fourth-order valence-corrected chi connectivity index (χ4v) is 2.18. The Morgan fingerprint density at radius 2 is 2.44 bits per heavy atom. The van der Waals surface area contributed by atoms with Crippen LogP contribution < -0.4 is 11.1 Å². The average molecular weight is 263 g/mol. The van der Waals surface area contributed by atoms with Crippen molar-refractivity contribution in [1.82, 2.24) is 29.9 Å². The van der Waals surface area contributed by atoms with Crippen molar-refractivity contribution in [3.63, 3.8) is 0 Å². The zero-order chi connectivity index (χ0) is 12.5. The number of amides is 1. The summed E-state index contributed by atoms with van der Waals surface area (Å²) < 4.78 is 1.80. The summed E-state index contributed by atoms with van der Waals surface area (Å²) in [6.07, 6.45) is 3.52. The second-order valence-corrected chi connectivity index (χ2v) is 4.41. The van der Waals surface area contributed by atoms with Gasteiger partial charge in [-0.15, -0.1) is 16.4 Å². The summed E-state index contributed by atoms with van der Waals surface area (Å²) in [6, 6.07) is 0. The molecule has 0 unspecified atom stereocenters. The van der Waals surface area contributed by atoms with Crippen LogP contribution >= 0.6 is 11.3 Å². The molecule has 3 heterocycles. The monoisotopic (exact) mass is 263 g/mol. The van der Waals surface area contributed by atoms with Crippen LogP contribution in [-0.2, 0) is 6.54 Å². The Labute approximate surface area is 105 Å². The van der Waals surface area contributed by atoms with Crippen molar-refractivity contribution in [3.8, 4) is 0 Å². The van der Waals surface area contributed by atoms with Crippen LogP contribution in [0.5, 0.6) is 0 Å². The van der Waals surface area contributed by atoms with Crippen LogP contribution in [0.15, 0.2) is 17.8 Å². The number of fused-ring (bicyclic) bond motifs is 1. The number of nitrogens with two attached hydrogens (primary N) is 1. The van der Waals surface area contributed by atoms with Crippen LogP contribution in [0, 0.1) is 0 Å². The van der Waals surface area contributed by atoms with Gasteiger partial charge in [-0.1, -0.05) is 0 Å². The molecule has 0 spiro atoms. The molecular weight excluding hydrogens is 254 g/mol. The highest BCUT2D eigenvalue weighted by Crippen LogP contribution is 2.11. The van der Waals surface area contributed by atoms with Gasteiger partial charge in [-0.3, -0.25) is 14.3 Å². The summed E-state index contributed by atoms with van der Waals surface area (Å²) in [5.41, 5.74) is 5.72. The maximum absolute atomic E-state index is 11.8. The van der Waals surface area contributed by atoms with Gasteiger partial charge in [0.1, 0.15) is 11.5 Å². The normalized spacial score (nSPS) is 10.9. The van der Waals surface area contributed by atoms with Crippen molar-refractivity contribution >= 4 is 28.2 Å². The first-order chi connectivity index (χ1) is 8.72. The van der Waals surface area contributed by atoms with Crippen LogP contribution in [0.3, 0.4) is 0 Å². The quantitative estimate of drug-likeness (QED) is 0.616. The van der Waals surface area contributed by atoms with Gasteiger partial charge in [0, 0.05) is 17.8 Å². The molecule has 9 heteroatoms. The predicted octanol–water partition coefficient (Wildman–Crippen LogP) is 0.0261. The predicted molar refractivity (Wildman–Crippen MR) is 65.0 cm³/mol. The third-order valence-corrected chi connectivity index (χ3v) is 3.06. The Balaban J connectivity index is 1.69. The van der Waals surface area contributed by atoms with E-state index in [2.05, 4.69) is 25.5 Å². The van der Waals surface area contributed by atoms with Gasteiger partial charge < -0.3 is 11.1 Å². The maximum atomic E-state index is 11.8. The largest absolute Gasteiger partial charge is 0.367 e. The number of nitrogens with one attached hydrogen (secondary N) is 2. The Kier molecular flexibility index (Phi) is 2.45.